The number of hydrogen-bond acceptors (Lipinski definition) is 4. The molecular formula is C27H33F3N2OS. The summed E-state index contributed by atoms with van der Waals surface area (Å²) in [5.41, 5.74) is 4.48. The lowest BCUT2D eigenvalue weighted by Crippen LogP contribution is -2.27. The maximum atomic E-state index is 12.0. The lowest BCUT2D eigenvalue weighted by molar-refractivity contribution is -0.137. The molecule has 1 aliphatic rings. The van der Waals surface area contributed by atoms with E-state index < -0.39 is 11.7 Å². The minimum Gasteiger partial charge on any atom is -0.513 e. The summed E-state index contributed by atoms with van der Waals surface area (Å²) in [6, 6.07) is 11.9. The lowest BCUT2D eigenvalue weighted by atomic mass is 9.98. The highest BCUT2D eigenvalue weighted by molar-refractivity contribution is 8.01. The second kappa shape index (κ2) is 13.4. The Bertz CT molecular complexity index is 971. The number of alkyl halides is 3. The first-order valence-electron chi connectivity index (χ1n) is 11.3. The Morgan fingerprint density at radius 2 is 1.65 bits per heavy atom. The summed E-state index contributed by atoms with van der Waals surface area (Å²) in [5, 5.41) is 9.24. The second-order valence-corrected chi connectivity index (χ2v) is 9.27. The van der Waals surface area contributed by atoms with E-state index in [1.807, 2.05) is 6.92 Å². The molecule has 1 aliphatic heterocycles. The lowest BCUT2D eigenvalue weighted by Gasteiger charge is -2.19. The van der Waals surface area contributed by atoms with Crippen LogP contribution in [0.25, 0.3) is 0 Å². The van der Waals surface area contributed by atoms with Gasteiger partial charge in [0.1, 0.15) is 0 Å². The zero-order valence-corrected chi connectivity index (χ0v) is 20.5. The number of aliphatic hydroxyl groups excluding tert-OH is 1. The van der Waals surface area contributed by atoms with Gasteiger partial charge in [0.05, 0.1) is 11.3 Å². The van der Waals surface area contributed by atoms with Crippen molar-refractivity contribution in [2.24, 2.45) is 4.40 Å². The molecule has 0 saturated heterocycles. The fraction of sp³-hybridized carbons (Fsp3) is 0.370. The molecular weight excluding hydrogens is 457 g/mol. The Balaban J connectivity index is 0.000000287. The predicted octanol–water partition coefficient (Wildman–Crippen LogP) is 7.22. The Hall–Kier alpha value is -2.51. The minimum atomic E-state index is -4.22. The van der Waals surface area contributed by atoms with Crippen LogP contribution in [0.3, 0.4) is 0 Å². The van der Waals surface area contributed by atoms with Gasteiger partial charge in [-0.2, -0.15) is 13.2 Å². The molecule has 1 heterocycles. The van der Waals surface area contributed by atoms with Crippen molar-refractivity contribution in [3.8, 4) is 0 Å². The summed E-state index contributed by atoms with van der Waals surface area (Å²) < 4.78 is 39.9. The molecule has 0 amide bonds. The van der Waals surface area contributed by atoms with Crippen LogP contribution in [0.5, 0.6) is 0 Å². The van der Waals surface area contributed by atoms with E-state index in [0.717, 1.165) is 67.9 Å². The smallest absolute Gasteiger partial charge is 0.416 e. The van der Waals surface area contributed by atoms with E-state index in [-0.39, 0.29) is 5.76 Å². The first-order chi connectivity index (χ1) is 16.1. The Morgan fingerprint density at radius 1 is 1.03 bits per heavy atom. The summed E-state index contributed by atoms with van der Waals surface area (Å²) in [6.45, 7) is 15.9. The van der Waals surface area contributed by atoms with E-state index in [1.165, 1.54) is 40.8 Å². The van der Waals surface area contributed by atoms with Gasteiger partial charge in [-0.05, 0) is 66.8 Å². The summed E-state index contributed by atoms with van der Waals surface area (Å²) in [5.74, 6) is 0.257. The number of nitrogens with zero attached hydrogens (tertiary/aromatic N) is 2. The van der Waals surface area contributed by atoms with Crippen LogP contribution in [0, 0.1) is 0 Å². The molecule has 0 bridgehead atoms. The van der Waals surface area contributed by atoms with Gasteiger partial charge >= 0.3 is 6.18 Å². The number of rotatable bonds is 8. The highest BCUT2D eigenvalue weighted by Gasteiger charge is 2.29. The van der Waals surface area contributed by atoms with Crippen LogP contribution in [0.15, 0.2) is 70.7 Å². The molecule has 0 radical (unpaired) electrons. The van der Waals surface area contributed by atoms with Gasteiger partial charge in [0.25, 0.3) is 0 Å². The Kier molecular flexibility index (Phi) is 10.9. The van der Waals surface area contributed by atoms with Gasteiger partial charge in [-0.15, -0.1) is 0 Å². The SMILES string of the molecule is C=NSC(=C)CN1CCc2ccc(CCC(=C)O)cc2CC1.CCc1ccc(C(F)(F)F)cc1. The van der Waals surface area contributed by atoms with E-state index in [9.17, 15) is 18.3 Å². The van der Waals surface area contributed by atoms with Gasteiger partial charge in [0.15, 0.2) is 0 Å². The number of hydrogen-bond donors (Lipinski definition) is 1. The van der Waals surface area contributed by atoms with Gasteiger partial charge in [-0.25, -0.2) is 4.40 Å². The molecule has 2 aromatic rings. The molecule has 7 heteroatoms. The van der Waals surface area contributed by atoms with Crippen molar-refractivity contribution < 1.29 is 18.3 Å². The molecule has 0 atom stereocenters. The molecule has 0 fully saturated rings. The molecule has 0 aromatic heterocycles. The molecule has 0 spiro atoms. The maximum Gasteiger partial charge on any atom is 0.416 e. The van der Waals surface area contributed by atoms with Crippen LogP contribution in [0.2, 0.25) is 0 Å². The predicted molar refractivity (Wildman–Crippen MR) is 137 cm³/mol. The van der Waals surface area contributed by atoms with E-state index in [4.69, 9.17) is 0 Å². The molecule has 0 unspecified atom stereocenters. The van der Waals surface area contributed by atoms with Crippen LogP contribution in [0.1, 0.15) is 41.2 Å². The molecule has 3 nitrogen and oxygen atoms in total. The van der Waals surface area contributed by atoms with Crippen molar-refractivity contribution in [3.05, 3.63) is 94.1 Å². The van der Waals surface area contributed by atoms with E-state index >= 15 is 0 Å². The van der Waals surface area contributed by atoms with Crippen molar-refractivity contribution in [3.63, 3.8) is 0 Å². The number of benzene rings is 2. The van der Waals surface area contributed by atoms with Crippen LogP contribution in [-0.4, -0.2) is 36.4 Å². The number of aliphatic hydroxyl groups is 1. The molecule has 3 rings (SSSR count). The average Bonchev–Trinajstić information content (AvgIpc) is 2.99. The van der Waals surface area contributed by atoms with Crippen molar-refractivity contribution in [1.29, 1.82) is 0 Å². The fourth-order valence-corrected chi connectivity index (χ4v) is 4.15. The number of allylic oxidation sites excluding steroid dienone is 1. The Morgan fingerprint density at radius 3 is 2.21 bits per heavy atom. The normalized spacial score (nSPS) is 13.8. The average molecular weight is 491 g/mol. The molecule has 184 valence electrons. The first-order valence-corrected chi connectivity index (χ1v) is 12.1. The van der Waals surface area contributed by atoms with Gasteiger partial charge in [0, 0.05) is 42.9 Å². The summed E-state index contributed by atoms with van der Waals surface area (Å²) in [7, 11) is 0. The van der Waals surface area contributed by atoms with E-state index in [1.54, 1.807) is 0 Å². The summed E-state index contributed by atoms with van der Waals surface area (Å²) in [4.78, 5) is 3.47. The van der Waals surface area contributed by atoms with Crippen molar-refractivity contribution in [2.75, 3.05) is 19.6 Å². The van der Waals surface area contributed by atoms with Gasteiger partial charge in [0.2, 0.25) is 0 Å². The molecule has 34 heavy (non-hydrogen) atoms. The standard InChI is InChI=1S/C18H24N2OS.C9H9F3/c1-14(21)4-5-16-6-7-17-8-10-20(11-9-18(17)12-16)13-15(2)22-19-3;1-2-7-3-5-8(6-4-7)9(10,11)12/h6-7,12,21H,1-5,8-11,13H2;3-6H,2H2,1H3. The first kappa shape index (κ1) is 27.7. The summed E-state index contributed by atoms with van der Waals surface area (Å²) >= 11 is 1.37. The quantitative estimate of drug-likeness (QED) is 0.241. The van der Waals surface area contributed by atoms with Crippen molar-refractivity contribution in [2.45, 2.75) is 45.2 Å². The molecule has 0 aliphatic carbocycles. The summed E-state index contributed by atoms with van der Waals surface area (Å²) in [6.07, 6.45) is 0.163. The van der Waals surface area contributed by atoms with Gasteiger partial charge in [-0.3, -0.25) is 4.90 Å². The number of aryl methyl sites for hydroxylation is 2. The topological polar surface area (TPSA) is 35.8 Å². The third kappa shape index (κ3) is 9.39. The largest absolute Gasteiger partial charge is 0.513 e. The highest BCUT2D eigenvalue weighted by Crippen LogP contribution is 2.29. The van der Waals surface area contributed by atoms with Gasteiger partial charge < -0.3 is 5.11 Å². The van der Waals surface area contributed by atoms with Crippen LogP contribution < -0.4 is 0 Å². The second-order valence-electron chi connectivity index (χ2n) is 8.25. The zero-order valence-electron chi connectivity index (χ0n) is 19.7. The van der Waals surface area contributed by atoms with Crippen LogP contribution >= 0.6 is 11.9 Å². The Labute approximate surface area is 205 Å². The molecule has 2 aromatic carbocycles. The molecule has 1 N–H and O–H groups in total. The number of fused-ring (bicyclic) bond motifs is 1. The third-order valence-corrected chi connectivity index (χ3v) is 6.17. The van der Waals surface area contributed by atoms with E-state index in [2.05, 4.69) is 47.4 Å². The van der Waals surface area contributed by atoms with Gasteiger partial charge in [-0.1, -0.05) is 50.4 Å². The maximum absolute atomic E-state index is 12.0. The molecule has 0 saturated carbocycles. The fourth-order valence-electron chi connectivity index (χ4n) is 3.73. The van der Waals surface area contributed by atoms with Crippen molar-refractivity contribution >= 4 is 18.7 Å². The minimum absolute atomic E-state index is 0.257. The van der Waals surface area contributed by atoms with Crippen LogP contribution in [0.4, 0.5) is 13.2 Å². The highest BCUT2D eigenvalue weighted by atomic mass is 32.2. The monoisotopic (exact) mass is 490 g/mol. The van der Waals surface area contributed by atoms with Crippen molar-refractivity contribution in [1.82, 2.24) is 4.90 Å². The zero-order chi connectivity index (χ0) is 25.1. The van der Waals surface area contributed by atoms with E-state index in [0.29, 0.717) is 6.42 Å². The third-order valence-electron chi connectivity index (χ3n) is 5.65. The number of halogens is 3. The van der Waals surface area contributed by atoms with Crippen LogP contribution in [-0.2, 0) is 31.9 Å².